The molecular formula is C15H13ClN2O2. The number of amides is 2. The summed E-state index contributed by atoms with van der Waals surface area (Å²) in [6, 6.07) is 15.8. The number of carbonyl (C=O) groups excluding carboxylic acids is 2. The third-order valence-corrected chi connectivity index (χ3v) is 2.86. The van der Waals surface area contributed by atoms with Crippen molar-refractivity contribution in [2.45, 2.75) is 6.42 Å². The molecule has 2 amide bonds. The SMILES string of the molecule is O=C(CC(=O)Nc1ccccc1Cl)Nc1ccccc1. The first-order valence-electron chi connectivity index (χ1n) is 6.04. The maximum atomic E-state index is 11.7. The fourth-order valence-electron chi connectivity index (χ4n) is 1.63. The molecular weight excluding hydrogens is 276 g/mol. The molecule has 0 saturated heterocycles. The number of anilines is 2. The minimum atomic E-state index is -0.411. The molecule has 2 aromatic rings. The lowest BCUT2D eigenvalue weighted by atomic mass is 10.3. The summed E-state index contributed by atoms with van der Waals surface area (Å²) in [5, 5.41) is 5.67. The van der Waals surface area contributed by atoms with Crippen LogP contribution in [0.1, 0.15) is 6.42 Å². The molecule has 0 bridgehead atoms. The summed E-state index contributed by atoms with van der Waals surface area (Å²) >= 11 is 5.92. The van der Waals surface area contributed by atoms with Crippen molar-refractivity contribution in [1.29, 1.82) is 0 Å². The van der Waals surface area contributed by atoms with Crippen LogP contribution < -0.4 is 10.6 Å². The van der Waals surface area contributed by atoms with Gasteiger partial charge in [0.15, 0.2) is 0 Å². The van der Waals surface area contributed by atoms with E-state index in [1.54, 1.807) is 48.5 Å². The summed E-state index contributed by atoms with van der Waals surface area (Å²) in [4.78, 5) is 23.4. The van der Waals surface area contributed by atoms with E-state index in [2.05, 4.69) is 10.6 Å². The summed E-state index contributed by atoms with van der Waals surface area (Å²) in [5.41, 5.74) is 1.15. The highest BCUT2D eigenvalue weighted by molar-refractivity contribution is 6.33. The van der Waals surface area contributed by atoms with Crippen molar-refractivity contribution in [2.24, 2.45) is 0 Å². The zero-order valence-electron chi connectivity index (χ0n) is 10.6. The predicted octanol–water partition coefficient (Wildman–Crippen LogP) is 3.31. The number of halogens is 1. The number of rotatable bonds is 4. The number of benzene rings is 2. The second-order valence-electron chi connectivity index (χ2n) is 4.12. The van der Waals surface area contributed by atoms with E-state index in [4.69, 9.17) is 11.6 Å². The van der Waals surface area contributed by atoms with Crippen LogP contribution in [0.3, 0.4) is 0 Å². The molecule has 20 heavy (non-hydrogen) atoms. The maximum absolute atomic E-state index is 11.7. The molecule has 0 spiro atoms. The average Bonchev–Trinajstić information content (AvgIpc) is 2.42. The van der Waals surface area contributed by atoms with Crippen LogP contribution in [0, 0.1) is 0 Å². The molecule has 2 N–H and O–H groups in total. The molecule has 0 atom stereocenters. The molecule has 0 aliphatic heterocycles. The second-order valence-corrected chi connectivity index (χ2v) is 4.53. The Morgan fingerprint density at radius 2 is 1.45 bits per heavy atom. The Bertz CT molecular complexity index is 614. The van der Waals surface area contributed by atoms with Gasteiger partial charge in [-0.2, -0.15) is 0 Å². The van der Waals surface area contributed by atoms with E-state index >= 15 is 0 Å². The third-order valence-electron chi connectivity index (χ3n) is 2.53. The minimum Gasteiger partial charge on any atom is -0.326 e. The zero-order valence-corrected chi connectivity index (χ0v) is 11.4. The van der Waals surface area contributed by atoms with Crippen LogP contribution in [-0.4, -0.2) is 11.8 Å². The Morgan fingerprint density at radius 1 is 0.850 bits per heavy atom. The first-order chi connectivity index (χ1) is 9.65. The van der Waals surface area contributed by atoms with Crippen LogP contribution in [0.5, 0.6) is 0 Å². The molecule has 0 fully saturated rings. The van der Waals surface area contributed by atoms with Gasteiger partial charge in [0.2, 0.25) is 11.8 Å². The summed E-state index contributed by atoms with van der Waals surface area (Å²) < 4.78 is 0. The third kappa shape index (κ3) is 4.10. The predicted molar refractivity (Wildman–Crippen MR) is 79.8 cm³/mol. The van der Waals surface area contributed by atoms with Gasteiger partial charge >= 0.3 is 0 Å². The Kier molecular flexibility index (Phi) is 4.74. The van der Waals surface area contributed by atoms with Crippen LogP contribution in [-0.2, 0) is 9.59 Å². The van der Waals surface area contributed by atoms with Crippen molar-refractivity contribution < 1.29 is 9.59 Å². The Labute approximate surface area is 121 Å². The van der Waals surface area contributed by atoms with Gasteiger partial charge in [-0.3, -0.25) is 9.59 Å². The van der Waals surface area contributed by atoms with Crippen molar-refractivity contribution in [1.82, 2.24) is 0 Å². The topological polar surface area (TPSA) is 58.2 Å². The Balaban J connectivity index is 1.89. The van der Waals surface area contributed by atoms with Crippen LogP contribution >= 0.6 is 11.6 Å². The zero-order chi connectivity index (χ0) is 14.4. The highest BCUT2D eigenvalue weighted by Gasteiger charge is 2.11. The van der Waals surface area contributed by atoms with Crippen molar-refractivity contribution in [2.75, 3.05) is 10.6 Å². The molecule has 0 unspecified atom stereocenters. The normalized spacial score (nSPS) is 9.85. The molecule has 0 heterocycles. The monoisotopic (exact) mass is 288 g/mol. The van der Waals surface area contributed by atoms with E-state index in [1.165, 1.54) is 0 Å². The van der Waals surface area contributed by atoms with Gasteiger partial charge in [-0.25, -0.2) is 0 Å². The average molecular weight is 289 g/mol. The van der Waals surface area contributed by atoms with Gasteiger partial charge in [0.25, 0.3) is 0 Å². The smallest absolute Gasteiger partial charge is 0.233 e. The molecule has 2 rings (SSSR count). The summed E-state index contributed by atoms with van der Waals surface area (Å²) in [6.07, 6.45) is -0.264. The quantitative estimate of drug-likeness (QED) is 0.848. The van der Waals surface area contributed by atoms with E-state index < -0.39 is 5.91 Å². The van der Waals surface area contributed by atoms with Crippen LogP contribution in [0.15, 0.2) is 54.6 Å². The molecule has 0 aliphatic rings. The van der Waals surface area contributed by atoms with Gasteiger partial charge in [0, 0.05) is 5.69 Å². The van der Waals surface area contributed by atoms with Crippen molar-refractivity contribution in [3.05, 3.63) is 59.6 Å². The molecule has 4 nitrogen and oxygen atoms in total. The number of hydrogen-bond acceptors (Lipinski definition) is 2. The van der Waals surface area contributed by atoms with Gasteiger partial charge in [0.05, 0.1) is 10.7 Å². The van der Waals surface area contributed by atoms with E-state index in [0.717, 1.165) is 0 Å². The lowest BCUT2D eigenvalue weighted by Crippen LogP contribution is -2.21. The first kappa shape index (κ1) is 14.1. The largest absolute Gasteiger partial charge is 0.326 e. The summed E-state index contributed by atoms with van der Waals surface area (Å²) in [7, 11) is 0. The van der Waals surface area contributed by atoms with Gasteiger partial charge in [-0.1, -0.05) is 41.9 Å². The summed E-state index contributed by atoms with van der Waals surface area (Å²) in [5.74, 6) is -0.785. The van der Waals surface area contributed by atoms with Crippen molar-refractivity contribution in [3.8, 4) is 0 Å². The van der Waals surface area contributed by atoms with E-state index in [0.29, 0.717) is 16.4 Å². The van der Waals surface area contributed by atoms with E-state index in [-0.39, 0.29) is 12.3 Å². The summed E-state index contributed by atoms with van der Waals surface area (Å²) in [6.45, 7) is 0. The highest BCUT2D eigenvalue weighted by Crippen LogP contribution is 2.20. The first-order valence-corrected chi connectivity index (χ1v) is 6.42. The van der Waals surface area contributed by atoms with Crippen molar-refractivity contribution >= 4 is 34.8 Å². The highest BCUT2D eigenvalue weighted by atomic mass is 35.5. The molecule has 0 aromatic heterocycles. The molecule has 2 aromatic carbocycles. The molecule has 5 heteroatoms. The van der Waals surface area contributed by atoms with Gasteiger partial charge in [-0.15, -0.1) is 0 Å². The maximum Gasteiger partial charge on any atom is 0.233 e. The standard InChI is InChI=1S/C15H13ClN2O2/c16-12-8-4-5-9-13(12)18-15(20)10-14(19)17-11-6-2-1-3-7-11/h1-9H,10H2,(H,17,19)(H,18,20). The lowest BCUT2D eigenvalue weighted by Gasteiger charge is -2.07. The van der Waals surface area contributed by atoms with Crippen LogP contribution in [0.25, 0.3) is 0 Å². The molecule has 102 valence electrons. The second kappa shape index (κ2) is 6.73. The Morgan fingerprint density at radius 3 is 2.15 bits per heavy atom. The van der Waals surface area contributed by atoms with Gasteiger partial charge in [-0.05, 0) is 24.3 Å². The molecule has 0 aliphatic carbocycles. The van der Waals surface area contributed by atoms with Crippen LogP contribution in [0.2, 0.25) is 5.02 Å². The fraction of sp³-hybridized carbons (Fsp3) is 0.0667. The van der Waals surface area contributed by atoms with Crippen molar-refractivity contribution in [3.63, 3.8) is 0 Å². The van der Waals surface area contributed by atoms with E-state index in [9.17, 15) is 9.59 Å². The minimum absolute atomic E-state index is 0.264. The lowest BCUT2D eigenvalue weighted by molar-refractivity contribution is -0.123. The van der Waals surface area contributed by atoms with Gasteiger partial charge < -0.3 is 10.6 Å². The number of hydrogen-bond donors (Lipinski definition) is 2. The van der Waals surface area contributed by atoms with Gasteiger partial charge in [0.1, 0.15) is 6.42 Å². The molecule has 0 saturated carbocycles. The number of nitrogens with one attached hydrogen (secondary N) is 2. The number of para-hydroxylation sites is 2. The van der Waals surface area contributed by atoms with E-state index in [1.807, 2.05) is 6.07 Å². The molecule has 0 radical (unpaired) electrons. The number of carbonyl (C=O) groups is 2. The fourth-order valence-corrected chi connectivity index (χ4v) is 1.81. The Hall–Kier alpha value is -2.33. The van der Waals surface area contributed by atoms with Crippen LogP contribution in [0.4, 0.5) is 11.4 Å².